The summed E-state index contributed by atoms with van der Waals surface area (Å²) >= 11 is 0. The van der Waals surface area contributed by atoms with Crippen molar-refractivity contribution in [3.63, 3.8) is 0 Å². The van der Waals surface area contributed by atoms with E-state index >= 15 is 0 Å². The molecule has 0 aliphatic heterocycles. The normalized spacial score (nSPS) is 39.0. The molecule has 0 aromatic carbocycles. The predicted octanol–water partition coefficient (Wildman–Crippen LogP) is 3.43. The van der Waals surface area contributed by atoms with E-state index in [1.807, 2.05) is 0 Å². The van der Waals surface area contributed by atoms with Crippen LogP contribution in [0.2, 0.25) is 0 Å². The Morgan fingerprint density at radius 3 is 2.50 bits per heavy atom. The van der Waals surface area contributed by atoms with Crippen LogP contribution in [0, 0.1) is 23.2 Å². The van der Waals surface area contributed by atoms with Crippen LogP contribution in [0.5, 0.6) is 0 Å². The van der Waals surface area contributed by atoms with Crippen LogP contribution in [-0.2, 0) is 0 Å². The summed E-state index contributed by atoms with van der Waals surface area (Å²) in [6.45, 7) is 10.3. The Labute approximate surface area is 89.5 Å². The summed E-state index contributed by atoms with van der Waals surface area (Å²) in [4.78, 5) is 0. The van der Waals surface area contributed by atoms with E-state index in [1.165, 1.54) is 25.7 Å². The second kappa shape index (κ2) is 4.65. The number of hydrogen-bond donors (Lipinski definition) is 1. The van der Waals surface area contributed by atoms with Gasteiger partial charge in [0.1, 0.15) is 0 Å². The minimum Gasteiger partial charge on any atom is -0.330 e. The Kier molecular flexibility index (Phi) is 4.00. The summed E-state index contributed by atoms with van der Waals surface area (Å²) in [5.41, 5.74) is 6.49. The monoisotopic (exact) mass is 197 g/mol. The average molecular weight is 197 g/mol. The van der Waals surface area contributed by atoms with E-state index in [0.717, 1.165) is 24.3 Å². The van der Waals surface area contributed by atoms with Crippen molar-refractivity contribution in [2.75, 3.05) is 6.54 Å². The van der Waals surface area contributed by atoms with E-state index < -0.39 is 0 Å². The third-order valence-electron chi connectivity index (χ3n) is 4.45. The summed E-state index contributed by atoms with van der Waals surface area (Å²) in [6.07, 6.45) is 5.46. The molecule has 0 saturated heterocycles. The topological polar surface area (TPSA) is 26.0 Å². The first-order valence-corrected chi connectivity index (χ1v) is 6.22. The first-order valence-electron chi connectivity index (χ1n) is 6.22. The van der Waals surface area contributed by atoms with Crippen molar-refractivity contribution in [3.05, 3.63) is 0 Å². The highest BCUT2D eigenvalue weighted by Crippen LogP contribution is 2.46. The predicted molar refractivity (Wildman–Crippen MR) is 63.1 cm³/mol. The lowest BCUT2D eigenvalue weighted by molar-refractivity contribution is 0.0773. The zero-order valence-corrected chi connectivity index (χ0v) is 10.3. The van der Waals surface area contributed by atoms with Gasteiger partial charge in [-0.25, -0.2) is 0 Å². The van der Waals surface area contributed by atoms with Crippen LogP contribution < -0.4 is 5.73 Å². The maximum Gasteiger partial charge on any atom is -0.00459 e. The van der Waals surface area contributed by atoms with Gasteiger partial charge < -0.3 is 5.73 Å². The van der Waals surface area contributed by atoms with Crippen molar-refractivity contribution in [3.8, 4) is 0 Å². The zero-order valence-electron chi connectivity index (χ0n) is 10.3. The Balaban J connectivity index is 2.63. The first kappa shape index (κ1) is 12.0. The van der Waals surface area contributed by atoms with Crippen LogP contribution in [0.3, 0.4) is 0 Å². The van der Waals surface area contributed by atoms with Crippen molar-refractivity contribution in [2.24, 2.45) is 28.9 Å². The molecule has 84 valence electrons. The number of hydrogen-bond acceptors (Lipinski definition) is 1. The fourth-order valence-corrected chi connectivity index (χ4v) is 3.09. The second-order valence-corrected chi connectivity index (χ2v) is 5.81. The van der Waals surface area contributed by atoms with Gasteiger partial charge in [-0.2, -0.15) is 0 Å². The highest BCUT2D eigenvalue weighted by Gasteiger charge is 2.36. The molecule has 0 aromatic heterocycles. The molecule has 1 heteroatoms. The van der Waals surface area contributed by atoms with Gasteiger partial charge >= 0.3 is 0 Å². The van der Waals surface area contributed by atoms with Crippen LogP contribution >= 0.6 is 0 Å². The van der Waals surface area contributed by atoms with Crippen LogP contribution in [0.1, 0.15) is 53.4 Å². The third kappa shape index (κ3) is 2.50. The Bertz CT molecular complexity index is 176. The van der Waals surface area contributed by atoms with Crippen molar-refractivity contribution < 1.29 is 0 Å². The second-order valence-electron chi connectivity index (χ2n) is 5.81. The molecule has 14 heavy (non-hydrogen) atoms. The Morgan fingerprint density at radius 2 is 2.07 bits per heavy atom. The number of nitrogens with two attached hydrogens (primary N) is 1. The van der Waals surface area contributed by atoms with Gasteiger partial charge in [0.15, 0.2) is 0 Å². The smallest absolute Gasteiger partial charge is 0.00459 e. The van der Waals surface area contributed by atoms with E-state index in [9.17, 15) is 0 Å². The van der Waals surface area contributed by atoms with Gasteiger partial charge in [0.2, 0.25) is 0 Å². The van der Waals surface area contributed by atoms with Gasteiger partial charge in [-0.05, 0) is 49.0 Å². The van der Waals surface area contributed by atoms with Crippen LogP contribution in [-0.4, -0.2) is 6.54 Å². The third-order valence-corrected chi connectivity index (χ3v) is 4.45. The molecular formula is C13H27N. The molecule has 1 aliphatic carbocycles. The molecule has 1 saturated carbocycles. The highest BCUT2D eigenvalue weighted by atomic mass is 14.6. The van der Waals surface area contributed by atoms with E-state index in [4.69, 9.17) is 5.73 Å². The summed E-state index contributed by atoms with van der Waals surface area (Å²) in [5, 5.41) is 0. The summed E-state index contributed by atoms with van der Waals surface area (Å²) < 4.78 is 0. The molecule has 3 atom stereocenters. The van der Waals surface area contributed by atoms with Gasteiger partial charge in [0, 0.05) is 0 Å². The van der Waals surface area contributed by atoms with Gasteiger partial charge in [0.25, 0.3) is 0 Å². The summed E-state index contributed by atoms with van der Waals surface area (Å²) in [6, 6.07) is 0. The van der Waals surface area contributed by atoms with E-state index in [0.29, 0.717) is 5.41 Å². The van der Waals surface area contributed by atoms with E-state index in [1.54, 1.807) is 0 Å². The standard InChI is InChI=1S/C13H27N/c1-5-13(4)7-6-12(10(2)3)11(8-13)9-14/h10-12H,5-9,14H2,1-4H3. The highest BCUT2D eigenvalue weighted by molar-refractivity contribution is 4.88. The summed E-state index contributed by atoms with van der Waals surface area (Å²) in [5.74, 6) is 2.46. The molecule has 1 aliphatic rings. The molecular weight excluding hydrogens is 170 g/mol. The zero-order chi connectivity index (χ0) is 10.8. The maximum absolute atomic E-state index is 5.91. The molecule has 3 unspecified atom stereocenters. The molecule has 0 heterocycles. The lowest BCUT2D eigenvalue weighted by Gasteiger charge is -2.43. The van der Waals surface area contributed by atoms with Crippen molar-refractivity contribution in [1.82, 2.24) is 0 Å². The lowest BCUT2D eigenvalue weighted by Crippen LogP contribution is -2.37. The maximum atomic E-state index is 5.91. The largest absolute Gasteiger partial charge is 0.330 e. The molecule has 0 aromatic rings. The molecule has 2 N–H and O–H groups in total. The number of rotatable bonds is 3. The van der Waals surface area contributed by atoms with Crippen LogP contribution in [0.4, 0.5) is 0 Å². The minimum atomic E-state index is 0.579. The first-order chi connectivity index (χ1) is 6.52. The van der Waals surface area contributed by atoms with Gasteiger partial charge in [-0.15, -0.1) is 0 Å². The molecule has 1 nitrogen and oxygen atoms in total. The van der Waals surface area contributed by atoms with Crippen LogP contribution in [0.25, 0.3) is 0 Å². The molecule has 1 rings (SSSR count). The fraction of sp³-hybridized carbons (Fsp3) is 1.00. The Hall–Kier alpha value is -0.0400. The molecule has 0 radical (unpaired) electrons. The fourth-order valence-electron chi connectivity index (χ4n) is 3.09. The van der Waals surface area contributed by atoms with Crippen LogP contribution in [0.15, 0.2) is 0 Å². The van der Waals surface area contributed by atoms with E-state index in [2.05, 4.69) is 27.7 Å². The van der Waals surface area contributed by atoms with Crippen molar-refractivity contribution in [2.45, 2.75) is 53.4 Å². The average Bonchev–Trinajstić information content (AvgIpc) is 2.17. The molecule has 1 fully saturated rings. The molecule has 0 spiro atoms. The van der Waals surface area contributed by atoms with Crippen molar-refractivity contribution in [1.29, 1.82) is 0 Å². The SMILES string of the molecule is CCC1(C)CCC(C(C)C)C(CN)C1. The van der Waals surface area contributed by atoms with E-state index in [-0.39, 0.29) is 0 Å². The van der Waals surface area contributed by atoms with Gasteiger partial charge in [0.05, 0.1) is 0 Å². The minimum absolute atomic E-state index is 0.579. The Morgan fingerprint density at radius 1 is 1.43 bits per heavy atom. The lowest BCUT2D eigenvalue weighted by atomic mass is 9.62. The quantitative estimate of drug-likeness (QED) is 0.737. The summed E-state index contributed by atoms with van der Waals surface area (Å²) in [7, 11) is 0. The van der Waals surface area contributed by atoms with Gasteiger partial charge in [-0.3, -0.25) is 0 Å². The van der Waals surface area contributed by atoms with Crippen molar-refractivity contribution >= 4 is 0 Å². The molecule has 0 amide bonds. The molecule has 0 bridgehead atoms. The van der Waals surface area contributed by atoms with Gasteiger partial charge in [-0.1, -0.05) is 34.1 Å².